The number of hydrogen-bond donors (Lipinski definition) is 2. The molecule has 0 amide bonds. The number of nitrogens with zero attached hydrogens (tertiary/aromatic N) is 1. The number of thiazole rings is 1. The molecule has 0 saturated carbocycles. The van der Waals surface area contributed by atoms with Crippen LogP contribution < -0.4 is 11.1 Å². The molecule has 0 radical (unpaired) electrons. The number of alkyl halides is 2. The molecule has 0 fully saturated rings. The monoisotopic (exact) mass is 323 g/mol. The Bertz CT molecular complexity index is 774. The molecule has 3 rings (SSSR count). The Hall–Kier alpha value is -1.86. The van der Waals surface area contributed by atoms with Crippen LogP contribution in [0.15, 0.2) is 46.8 Å². The highest BCUT2D eigenvalue weighted by Gasteiger charge is 2.12. The van der Waals surface area contributed by atoms with Gasteiger partial charge in [0.1, 0.15) is 5.52 Å². The first-order valence-electron chi connectivity index (χ1n) is 6.07. The van der Waals surface area contributed by atoms with Gasteiger partial charge in [0, 0.05) is 4.90 Å². The molecule has 0 aliphatic carbocycles. The Morgan fingerprint density at radius 2 is 1.95 bits per heavy atom. The Morgan fingerprint density at radius 1 is 1.14 bits per heavy atom. The minimum absolute atomic E-state index is 0.477. The lowest BCUT2D eigenvalue weighted by Crippen LogP contribution is -1.98. The topological polar surface area (TPSA) is 50.9 Å². The van der Waals surface area contributed by atoms with Crippen molar-refractivity contribution in [2.75, 3.05) is 11.1 Å². The van der Waals surface area contributed by atoms with Gasteiger partial charge in [-0.2, -0.15) is 8.78 Å². The number of fused-ring (bicyclic) bond motifs is 1. The lowest BCUT2D eigenvalue weighted by Gasteiger charge is -2.13. The van der Waals surface area contributed by atoms with Crippen molar-refractivity contribution in [2.24, 2.45) is 0 Å². The first kappa shape index (κ1) is 14.1. The number of nitrogens with two attached hydrogens (primary N) is 1. The highest BCUT2D eigenvalue weighted by molar-refractivity contribution is 7.99. The lowest BCUT2D eigenvalue weighted by atomic mass is 10.2. The van der Waals surface area contributed by atoms with Crippen molar-refractivity contribution in [3.63, 3.8) is 0 Å². The molecule has 3 nitrogen and oxygen atoms in total. The SMILES string of the molecule is Nc1c(Nc2ccccc2SC(F)F)ccc2scnc12. The van der Waals surface area contributed by atoms with Crippen LogP contribution in [0.2, 0.25) is 0 Å². The molecule has 0 aliphatic rings. The Morgan fingerprint density at radius 3 is 2.76 bits per heavy atom. The van der Waals surface area contributed by atoms with Crippen LogP contribution in [0.3, 0.4) is 0 Å². The first-order valence-corrected chi connectivity index (χ1v) is 7.83. The van der Waals surface area contributed by atoms with Crippen LogP contribution in [0.25, 0.3) is 10.2 Å². The smallest absolute Gasteiger partial charge is 0.288 e. The molecule has 0 bridgehead atoms. The lowest BCUT2D eigenvalue weighted by molar-refractivity contribution is 0.252. The number of benzene rings is 2. The van der Waals surface area contributed by atoms with Gasteiger partial charge in [0.15, 0.2) is 0 Å². The van der Waals surface area contributed by atoms with Gasteiger partial charge in [-0.25, -0.2) is 4.98 Å². The van der Waals surface area contributed by atoms with Crippen LogP contribution in [-0.2, 0) is 0 Å². The fourth-order valence-corrected chi connectivity index (χ4v) is 3.26. The number of para-hydroxylation sites is 1. The largest absolute Gasteiger partial charge is 0.395 e. The molecule has 0 aliphatic heterocycles. The van der Waals surface area contributed by atoms with Crippen LogP contribution >= 0.6 is 23.1 Å². The summed E-state index contributed by atoms with van der Waals surface area (Å²) in [6.07, 6.45) is 0. The zero-order chi connectivity index (χ0) is 14.8. The van der Waals surface area contributed by atoms with Crippen LogP contribution in [-0.4, -0.2) is 10.7 Å². The molecule has 0 saturated heterocycles. The number of thioether (sulfide) groups is 1. The van der Waals surface area contributed by atoms with Gasteiger partial charge in [0.25, 0.3) is 5.76 Å². The summed E-state index contributed by atoms with van der Waals surface area (Å²) in [5.41, 5.74) is 10.3. The Kier molecular flexibility index (Phi) is 3.94. The van der Waals surface area contributed by atoms with Crippen molar-refractivity contribution < 1.29 is 8.78 Å². The minimum atomic E-state index is -2.47. The molecule has 2 aromatic carbocycles. The third-order valence-electron chi connectivity index (χ3n) is 2.91. The summed E-state index contributed by atoms with van der Waals surface area (Å²) in [5.74, 6) is -2.47. The Labute approximate surface area is 128 Å². The summed E-state index contributed by atoms with van der Waals surface area (Å²) < 4.78 is 26.2. The van der Waals surface area contributed by atoms with Crippen molar-refractivity contribution in [3.05, 3.63) is 41.9 Å². The maximum absolute atomic E-state index is 12.6. The van der Waals surface area contributed by atoms with Crippen LogP contribution in [0.5, 0.6) is 0 Å². The van der Waals surface area contributed by atoms with Crippen molar-refractivity contribution >= 4 is 50.4 Å². The van der Waals surface area contributed by atoms with Crippen LogP contribution in [0, 0.1) is 0 Å². The molecule has 7 heteroatoms. The van der Waals surface area contributed by atoms with E-state index >= 15 is 0 Å². The van der Waals surface area contributed by atoms with E-state index in [0.29, 0.717) is 33.7 Å². The molecule has 108 valence electrons. The van der Waals surface area contributed by atoms with Gasteiger partial charge in [-0.05, 0) is 24.3 Å². The third kappa shape index (κ3) is 2.93. The molecular formula is C14H11F2N3S2. The first-order chi connectivity index (χ1) is 10.1. The summed E-state index contributed by atoms with van der Waals surface area (Å²) in [5, 5.41) is 3.11. The zero-order valence-corrected chi connectivity index (χ0v) is 12.3. The molecule has 3 aromatic rings. The second-order valence-corrected chi connectivity index (χ2v) is 6.14. The van der Waals surface area contributed by atoms with Gasteiger partial charge >= 0.3 is 0 Å². The fraction of sp³-hybridized carbons (Fsp3) is 0.0714. The van der Waals surface area contributed by atoms with E-state index in [1.165, 1.54) is 11.3 Å². The second kappa shape index (κ2) is 5.87. The van der Waals surface area contributed by atoms with E-state index in [9.17, 15) is 8.78 Å². The van der Waals surface area contributed by atoms with Gasteiger partial charge in [-0.1, -0.05) is 23.9 Å². The number of halogens is 2. The molecule has 1 aromatic heterocycles. The van der Waals surface area contributed by atoms with Crippen molar-refractivity contribution in [1.29, 1.82) is 0 Å². The quantitative estimate of drug-likeness (QED) is 0.527. The zero-order valence-electron chi connectivity index (χ0n) is 10.7. The Balaban J connectivity index is 1.97. The highest BCUT2D eigenvalue weighted by atomic mass is 32.2. The molecule has 0 atom stereocenters. The van der Waals surface area contributed by atoms with Gasteiger partial charge in [-0.3, -0.25) is 0 Å². The van der Waals surface area contributed by atoms with Crippen molar-refractivity contribution in [1.82, 2.24) is 4.98 Å². The number of nitrogen functional groups attached to an aromatic ring is 1. The average Bonchev–Trinajstić information content (AvgIpc) is 2.92. The maximum Gasteiger partial charge on any atom is 0.288 e. The van der Waals surface area contributed by atoms with E-state index in [0.717, 1.165) is 10.2 Å². The van der Waals surface area contributed by atoms with Gasteiger partial charge in [0.05, 0.1) is 27.3 Å². The standard InChI is InChI=1S/C14H11F2N3S2/c15-14(16)21-10-4-2-1-3-8(10)19-9-5-6-11-13(12(9)17)18-7-20-11/h1-7,14,19H,17H2. The highest BCUT2D eigenvalue weighted by Crippen LogP contribution is 2.36. The van der Waals surface area contributed by atoms with Gasteiger partial charge < -0.3 is 11.1 Å². The minimum Gasteiger partial charge on any atom is -0.395 e. The predicted octanol–water partition coefficient (Wildman–Crippen LogP) is 4.94. The van der Waals surface area contributed by atoms with Crippen LogP contribution in [0.1, 0.15) is 0 Å². The molecular weight excluding hydrogens is 312 g/mol. The number of hydrogen-bond acceptors (Lipinski definition) is 5. The predicted molar refractivity (Wildman–Crippen MR) is 85.6 cm³/mol. The summed E-state index contributed by atoms with van der Waals surface area (Å²) in [4.78, 5) is 4.70. The normalized spacial score (nSPS) is 11.2. The maximum atomic E-state index is 12.6. The van der Waals surface area contributed by atoms with E-state index in [1.807, 2.05) is 12.1 Å². The number of nitrogens with one attached hydrogen (secondary N) is 1. The summed E-state index contributed by atoms with van der Waals surface area (Å²) in [6.45, 7) is 0. The molecule has 21 heavy (non-hydrogen) atoms. The van der Waals surface area contributed by atoms with Gasteiger partial charge in [0.2, 0.25) is 0 Å². The van der Waals surface area contributed by atoms with E-state index in [4.69, 9.17) is 5.73 Å². The molecule has 0 unspecified atom stereocenters. The van der Waals surface area contributed by atoms with Gasteiger partial charge in [-0.15, -0.1) is 11.3 Å². The van der Waals surface area contributed by atoms with E-state index in [1.54, 1.807) is 29.8 Å². The van der Waals surface area contributed by atoms with Crippen molar-refractivity contribution in [3.8, 4) is 0 Å². The molecule has 3 N–H and O–H groups in total. The fourth-order valence-electron chi connectivity index (χ4n) is 1.97. The van der Waals surface area contributed by atoms with E-state index in [2.05, 4.69) is 10.3 Å². The van der Waals surface area contributed by atoms with Crippen molar-refractivity contribution in [2.45, 2.75) is 10.7 Å². The molecule has 1 heterocycles. The number of rotatable bonds is 4. The third-order valence-corrected chi connectivity index (χ3v) is 4.50. The van der Waals surface area contributed by atoms with E-state index < -0.39 is 5.76 Å². The van der Waals surface area contributed by atoms with Crippen LogP contribution in [0.4, 0.5) is 25.8 Å². The summed E-state index contributed by atoms with van der Waals surface area (Å²) >= 11 is 2.01. The van der Waals surface area contributed by atoms with E-state index in [-0.39, 0.29) is 0 Å². The summed E-state index contributed by atoms with van der Waals surface area (Å²) in [6, 6.07) is 10.7. The average molecular weight is 323 g/mol. The number of aromatic nitrogens is 1. The molecule has 0 spiro atoms. The summed E-state index contributed by atoms with van der Waals surface area (Å²) in [7, 11) is 0. The second-order valence-electron chi connectivity index (χ2n) is 4.23. The number of anilines is 3.